The van der Waals surface area contributed by atoms with E-state index in [0.717, 1.165) is 0 Å². The van der Waals surface area contributed by atoms with Crippen molar-refractivity contribution in [1.82, 2.24) is 4.90 Å². The maximum Gasteiger partial charge on any atom is 0.346 e. The second kappa shape index (κ2) is 6.79. The molecular formula is C14H19NO5. The molecule has 0 aliphatic carbocycles. The van der Waals surface area contributed by atoms with Crippen LogP contribution >= 0.6 is 0 Å². The number of likely N-dealkylation sites (N-methyl/N-ethyl adjacent to an activating group) is 1. The third-order valence-corrected chi connectivity index (χ3v) is 2.70. The Morgan fingerprint density at radius 1 is 1.10 bits per heavy atom. The van der Waals surface area contributed by atoms with Gasteiger partial charge in [-0.3, -0.25) is 4.79 Å². The molecule has 1 atom stereocenters. The molecule has 6 nitrogen and oxygen atoms in total. The van der Waals surface area contributed by atoms with Crippen LogP contribution in [-0.2, 0) is 9.53 Å². The summed E-state index contributed by atoms with van der Waals surface area (Å²) in [4.78, 5) is 25.3. The summed E-state index contributed by atoms with van der Waals surface area (Å²) in [5, 5.41) is 0. The minimum Gasteiger partial charge on any atom is -0.496 e. The lowest BCUT2D eigenvalue weighted by Crippen LogP contribution is -2.35. The van der Waals surface area contributed by atoms with Gasteiger partial charge in [0, 0.05) is 14.1 Å². The molecule has 0 fully saturated rings. The maximum atomic E-state index is 12.2. The van der Waals surface area contributed by atoms with E-state index in [0.29, 0.717) is 11.5 Å². The first-order chi connectivity index (χ1) is 9.42. The lowest BCUT2D eigenvalue weighted by molar-refractivity contribution is -0.137. The fraction of sp³-hybridized carbons (Fsp3) is 0.429. The van der Waals surface area contributed by atoms with E-state index in [1.54, 1.807) is 32.3 Å². The number of carbonyl (C=O) groups is 2. The first-order valence-corrected chi connectivity index (χ1v) is 6.05. The lowest BCUT2D eigenvalue weighted by Gasteiger charge is -2.18. The number of amides is 1. The molecule has 20 heavy (non-hydrogen) atoms. The van der Waals surface area contributed by atoms with Gasteiger partial charge in [0.2, 0.25) is 0 Å². The van der Waals surface area contributed by atoms with Crippen molar-refractivity contribution in [3.05, 3.63) is 23.8 Å². The van der Waals surface area contributed by atoms with Crippen LogP contribution in [0.5, 0.6) is 11.5 Å². The molecule has 0 heterocycles. The summed E-state index contributed by atoms with van der Waals surface area (Å²) < 4.78 is 15.4. The summed E-state index contributed by atoms with van der Waals surface area (Å²) >= 11 is 0. The summed E-state index contributed by atoms with van der Waals surface area (Å²) in [5.41, 5.74) is 0.163. The molecular weight excluding hydrogens is 262 g/mol. The second-order valence-electron chi connectivity index (χ2n) is 4.32. The van der Waals surface area contributed by atoms with E-state index < -0.39 is 12.1 Å². The Balaban J connectivity index is 3.00. The number of carbonyl (C=O) groups excluding carboxylic acids is 2. The number of benzene rings is 1. The zero-order valence-corrected chi connectivity index (χ0v) is 12.3. The minimum absolute atomic E-state index is 0.163. The van der Waals surface area contributed by atoms with E-state index >= 15 is 0 Å². The molecule has 110 valence electrons. The maximum absolute atomic E-state index is 12.2. The van der Waals surface area contributed by atoms with E-state index in [9.17, 15) is 9.59 Å². The molecule has 0 radical (unpaired) electrons. The van der Waals surface area contributed by atoms with Gasteiger partial charge >= 0.3 is 5.97 Å². The highest BCUT2D eigenvalue weighted by Crippen LogP contribution is 2.29. The molecule has 0 unspecified atom stereocenters. The monoisotopic (exact) mass is 281 g/mol. The quantitative estimate of drug-likeness (QED) is 0.762. The Morgan fingerprint density at radius 3 is 2.00 bits per heavy atom. The first-order valence-electron chi connectivity index (χ1n) is 6.05. The second-order valence-corrected chi connectivity index (χ2v) is 4.32. The highest BCUT2D eigenvalue weighted by Gasteiger charge is 2.25. The van der Waals surface area contributed by atoms with E-state index in [1.165, 1.54) is 26.0 Å². The van der Waals surface area contributed by atoms with E-state index in [-0.39, 0.29) is 11.5 Å². The van der Waals surface area contributed by atoms with Gasteiger partial charge in [0.1, 0.15) is 17.1 Å². The molecule has 0 bridgehead atoms. The van der Waals surface area contributed by atoms with Crippen molar-refractivity contribution in [2.24, 2.45) is 0 Å². The van der Waals surface area contributed by atoms with Gasteiger partial charge in [-0.25, -0.2) is 4.79 Å². The molecule has 1 aromatic carbocycles. The average molecular weight is 281 g/mol. The van der Waals surface area contributed by atoms with Gasteiger partial charge < -0.3 is 19.1 Å². The fourth-order valence-corrected chi connectivity index (χ4v) is 1.69. The van der Waals surface area contributed by atoms with E-state index in [4.69, 9.17) is 14.2 Å². The summed E-state index contributed by atoms with van der Waals surface area (Å²) in [6.45, 7) is 1.52. The zero-order chi connectivity index (χ0) is 15.3. The van der Waals surface area contributed by atoms with Gasteiger partial charge in [0.25, 0.3) is 5.91 Å². The lowest BCUT2D eigenvalue weighted by atomic mass is 10.1. The SMILES string of the molecule is COc1cccc(OC)c1C(=O)O[C@@H](C)C(=O)N(C)C. The molecule has 0 aliphatic heterocycles. The Labute approximate surface area is 118 Å². The predicted molar refractivity (Wildman–Crippen MR) is 73.1 cm³/mol. The zero-order valence-electron chi connectivity index (χ0n) is 12.3. The number of nitrogens with zero attached hydrogens (tertiary/aromatic N) is 1. The van der Waals surface area contributed by atoms with Gasteiger partial charge in [-0.05, 0) is 19.1 Å². The predicted octanol–water partition coefficient (Wildman–Crippen LogP) is 1.34. The number of esters is 1. The first kappa shape index (κ1) is 15.8. The molecule has 1 rings (SSSR count). The van der Waals surface area contributed by atoms with Gasteiger partial charge in [-0.1, -0.05) is 6.07 Å². The fourth-order valence-electron chi connectivity index (χ4n) is 1.69. The van der Waals surface area contributed by atoms with Gasteiger partial charge in [0.15, 0.2) is 6.10 Å². The molecule has 0 aliphatic rings. The molecule has 6 heteroatoms. The van der Waals surface area contributed by atoms with Crippen molar-refractivity contribution in [3.8, 4) is 11.5 Å². The normalized spacial score (nSPS) is 11.4. The van der Waals surface area contributed by atoms with Crippen molar-refractivity contribution in [2.45, 2.75) is 13.0 Å². The number of hydrogen-bond donors (Lipinski definition) is 0. The molecule has 1 amide bonds. The number of rotatable bonds is 5. The van der Waals surface area contributed by atoms with Crippen LogP contribution in [0.4, 0.5) is 0 Å². The summed E-state index contributed by atoms with van der Waals surface area (Å²) in [6, 6.07) is 4.94. The standard InChI is InChI=1S/C14H19NO5/c1-9(13(16)15(2)3)20-14(17)12-10(18-4)7-6-8-11(12)19-5/h6-9H,1-5H3/t9-/m0/s1. The van der Waals surface area contributed by atoms with Gasteiger partial charge in [0.05, 0.1) is 14.2 Å². The molecule has 0 saturated heterocycles. The molecule has 0 saturated carbocycles. The highest BCUT2D eigenvalue weighted by atomic mass is 16.6. The summed E-state index contributed by atoms with van der Waals surface area (Å²) in [7, 11) is 6.08. The van der Waals surface area contributed by atoms with E-state index in [2.05, 4.69) is 0 Å². The van der Waals surface area contributed by atoms with Crippen LogP contribution in [0.3, 0.4) is 0 Å². The molecule has 0 N–H and O–H groups in total. The molecule has 1 aromatic rings. The Bertz CT molecular complexity index is 476. The minimum atomic E-state index is -0.882. The van der Waals surface area contributed by atoms with Crippen molar-refractivity contribution >= 4 is 11.9 Å². The highest BCUT2D eigenvalue weighted by molar-refractivity contribution is 5.97. The topological polar surface area (TPSA) is 65.1 Å². The summed E-state index contributed by atoms with van der Waals surface area (Å²) in [5.74, 6) is -0.299. The van der Waals surface area contributed by atoms with Crippen LogP contribution in [0.2, 0.25) is 0 Å². The van der Waals surface area contributed by atoms with Crippen molar-refractivity contribution < 1.29 is 23.8 Å². The molecule has 0 aromatic heterocycles. The Morgan fingerprint density at radius 2 is 1.60 bits per heavy atom. The Kier molecular flexibility index (Phi) is 5.37. The average Bonchev–Trinajstić information content (AvgIpc) is 2.44. The smallest absolute Gasteiger partial charge is 0.346 e. The third kappa shape index (κ3) is 3.40. The van der Waals surface area contributed by atoms with Crippen LogP contribution in [-0.4, -0.2) is 51.2 Å². The van der Waals surface area contributed by atoms with Crippen molar-refractivity contribution in [2.75, 3.05) is 28.3 Å². The number of ether oxygens (including phenoxy) is 3. The van der Waals surface area contributed by atoms with Crippen LogP contribution < -0.4 is 9.47 Å². The largest absolute Gasteiger partial charge is 0.496 e. The van der Waals surface area contributed by atoms with Gasteiger partial charge in [-0.15, -0.1) is 0 Å². The van der Waals surface area contributed by atoms with Crippen LogP contribution in [0.25, 0.3) is 0 Å². The molecule has 0 spiro atoms. The number of hydrogen-bond acceptors (Lipinski definition) is 5. The van der Waals surface area contributed by atoms with Crippen LogP contribution in [0.1, 0.15) is 17.3 Å². The van der Waals surface area contributed by atoms with Crippen molar-refractivity contribution in [3.63, 3.8) is 0 Å². The van der Waals surface area contributed by atoms with Gasteiger partial charge in [-0.2, -0.15) is 0 Å². The Hall–Kier alpha value is -2.24. The van der Waals surface area contributed by atoms with E-state index in [1.807, 2.05) is 0 Å². The summed E-state index contributed by atoms with van der Waals surface area (Å²) in [6.07, 6.45) is -0.882. The van der Waals surface area contributed by atoms with Crippen LogP contribution in [0.15, 0.2) is 18.2 Å². The van der Waals surface area contributed by atoms with Crippen molar-refractivity contribution in [1.29, 1.82) is 0 Å². The van der Waals surface area contributed by atoms with Crippen LogP contribution in [0, 0.1) is 0 Å². The number of methoxy groups -OCH3 is 2. The third-order valence-electron chi connectivity index (χ3n) is 2.70.